The van der Waals surface area contributed by atoms with Gasteiger partial charge in [0.05, 0.1) is 6.07 Å². The van der Waals surface area contributed by atoms with Crippen LogP contribution in [0.15, 0.2) is 0 Å². The average molecular weight is 208 g/mol. The summed E-state index contributed by atoms with van der Waals surface area (Å²) in [7, 11) is 0. The van der Waals surface area contributed by atoms with Crippen molar-refractivity contribution < 1.29 is 0 Å². The van der Waals surface area contributed by atoms with Gasteiger partial charge in [0, 0.05) is 0 Å². The molecule has 1 fully saturated rings. The minimum absolute atomic E-state index is 0.225. The van der Waals surface area contributed by atoms with Gasteiger partial charge in [-0.1, -0.05) is 40.0 Å². The van der Waals surface area contributed by atoms with E-state index in [9.17, 15) is 5.26 Å². The van der Waals surface area contributed by atoms with Gasteiger partial charge in [0.1, 0.15) is 5.54 Å². The second-order valence-corrected chi connectivity index (χ2v) is 5.21. The fourth-order valence-electron chi connectivity index (χ4n) is 2.60. The van der Waals surface area contributed by atoms with Crippen molar-refractivity contribution in [3.8, 4) is 6.07 Å². The van der Waals surface area contributed by atoms with Crippen LogP contribution in [0.1, 0.15) is 52.9 Å². The normalized spacial score (nSPS) is 31.5. The Morgan fingerprint density at radius 1 is 1.47 bits per heavy atom. The van der Waals surface area contributed by atoms with Crippen molar-refractivity contribution in [1.29, 1.82) is 5.26 Å². The summed E-state index contributed by atoms with van der Waals surface area (Å²) in [6, 6.07) is 2.56. The molecule has 0 radical (unpaired) electrons. The zero-order valence-corrected chi connectivity index (χ0v) is 10.3. The van der Waals surface area contributed by atoms with E-state index in [1.165, 1.54) is 19.3 Å². The molecule has 0 saturated heterocycles. The van der Waals surface area contributed by atoms with Gasteiger partial charge in [-0.15, -0.1) is 0 Å². The third kappa shape index (κ3) is 2.95. The quantitative estimate of drug-likeness (QED) is 0.770. The van der Waals surface area contributed by atoms with E-state index in [1.54, 1.807) is 0 Å². The molecule has 0 spiro atoms. The van der Waals surface area contributed by atoms with E-state index in [-0.39, 0.29) is 5.54 Å². The van der Waals surface area contributed by atoms with Crippen molar-refractivity contribution in [2.45, 2.75) is 58.4 Å². The predicted molar refractivity (Wildman–Crippen MR) is 63.4 cm³/mol. The second-order valence-electron chi connectivity index (χ2n) is 5.21. The second kappa shape index (κ2) is 5.51. The smallest absolute Gasteiger partial charge is 0.109 e. The summed E-state index contributed by atoms with van der Waals surface area (Å²) in [6.07, 6.45) is 5.88. The third-order valence-electron chi connectivity index (χ3n) is 3.59. The SMILES string of the molecule is CCC1CCCCC1(C#N)NCC(C)C. The zero-order valence-electron chi connectivity index (χ0n) is 10.3. The Labute approximate surface area is 94.1 Å². The summed E-state index contributed by atoms with van der Waals surface area (Å²) in [5.41, 5.74) is -0.225. The first-order chi connectivity index (χ1) is 7.14. The van der Waals surface area contributed by atoms with Crippen LogP contribution < -0.4 is 5.32 Å². The Morgan fingerprint density at radius 3 is 2.73 bits per heavy atom. The van der Waals surface area contributed by atoms with Gasteiger partial charge in [-0.25, -0.2) is 0 Å². The highest BCUT2D eigenvalue weighted by atomic mass is 15.0. The molecule has 1 aliphatic rings. The summed E-state index contributed by atoms with van der Waals surface area (Å²) in [5.74, 6) is 1.17. The van der Waals surface area contributed by atoms with Gasteiger partial charge in [0.2, 0.25) is 0 Å². The largest absolute Gasteiger partial charge is 0.299 e. The van der Waals surface area contributed by atoms with Crippen LogP contribution >= 0.6 is 0 Å². The lowest BCUT2D eigenvalue weighted by Crippen LogP contribution is -2.52. The van der Waals surface area contributed by atoms with Gasteiger partial charge in [-0.3, -0.25) is 5.32 Å². The molecule has 0 aromatic heterocycles. The molecule has 0 bridgehead atoms. The number of hydrogen-bond acceptors (Lipinski definition) is 2. The van der Waals surface area contributed by atoms with Crippen LogP contribution in [0, 0.1) is 23.2 Å². The lowest BCUT2D eigenvalue weighted by atomic mass is 9.72. The Morgan fingerprint density at radius 2 is 2.20 bits per heavy atom. The minimum Gasteiger partial charge on any atom is -0.299 e. The standard InChI is InChI=1S/C13H24N2/c1-4-12-7-5-6-8-13(12,10-14)15-9-11(2)3/h11-12,15H,4-9H2,1-3H3. The predicted octanol–water partition coefficient (Wildman–Crippen LogP) is 3.09. The van der Waals surface area contributed by atoms with E-state index in [4.69, 9.17) is 0 Å². The zero-order chi connectivity index (χ0) is 11.3. The van der Waals surface area contributed by atoms with Crippen LogP contribution in [0.2, 0.25) is 0 Å². The van der Waals surface area contributed by atoms with E-state index >= 15 is 0 Å². The molecule has 1 saturated carbocycles. The number of nitrogens with zero attached hydrogens (tertiary/aromatic N) is 1. The van der Waals surface area contributed by atoms with Gasteiger partial charge in [0.15, 0.2) is 0 Å². The summed E-state index contributed by atoms with van der Waals surface area (Å²) >= 11 is 0. The molecule has 2 nitrogen and oxygen atoms in total. The van der Waals surface area contributed by atoms with Crippen LogP contribution in [-0.4, -0.2) is 12.1 Å². The van der Waals surface area contributed by atoms with Crippen molar-refractivity contribution >= 4 is 0 Å². The molecular formula is C13H24N2. The first-order valence-electron chi connectivity index (χ1n) is 6.31. The molecule has 0 aliphatic heterocycles. The van der Waals surface area contributed by atoms with Gasteiger partial charge < -0.3 is 0 Å². The number of nitrogens with one attached hydrogen (secondary N) is 1. The van der Waals surface area contributed by atoms with Gasteiger partial charge in [0.25, 0.3) is 0 Å². The first kappa shape index (κ1) is 12.5. The number of hydrogen-bond donors (Lipinski definition) is 1. The molecule has 1 N–H and O–H groups in total. The van der Waals surface area contributed by atoms with Crippen molar-refractivity contribution in [2.75, 3.05) is 6.54 Å². The van der Waals surface area contributed by atoms with Crippen LogP contribution in [0.25, 0.3) is 0 Å². The summed E-state index contributed by atoms with van der Waals surface area (Å²) in [5, 5.41) is 13.0. The Bertz CT molecular complexity index is 229. The highest BCUT2D eigenvalue weighted by Crippen LogP contribution is 2.35. The number of nitriles is 1. The topological polar surface area (TPSA) is 35.8 Å². The van der Waals surface area contributed by atoms with E-state index < -0.39 is 0 Å². The van der Waals surface area contributed by atoms with Crippen molar-refractivity contribution in [3.63, 3.8) is 0 Å². The molecule has 86 valence electrons. The summed E-state index contributed by atoms with van der Waals surface area (Å²) < 4.78 is 0. The fraction of sp³-hybridized carbons (Fsp3) is 0.923. The average Bonchev–Trinajstić information content (AvgIpc) is 2.26. The molecule has 0 aromatic carbocycles. The van der Waals surface area contributed by atoms with Gasteiger partial charge in [-0.2, -0.15) is 5.26 Å². The van der Waals surface area contributed by atoms with Crippen LogP contribution in [-0.2, 0) is 0 Å². The highest BCUT2D eigenvalue weighted by Gasteiger charge is 2.39. The maximum absolute atomic E-state index is 9.44. The fourth-order valence-corrected chi connectivity index (χ4v) is 2.60. The Kier molecular flexibility index (Phi) is 4.60. The third-order valence-corrected chi connectivity index (χ3v) is 3.59. The van der Waals surface area contributed by atoms with E-state index in [0.29, 0.717) is 11.8 Å². The molecule has 2 unspecified atom stereocenters. The highest BCUT2D eigenvalue weighted by molar-refractivity contribution is 5.12. The summed E-state index contributed by atoms with van der Waals surface area (Å²) in [6.45, 7) is 7.56. The van der Waals surface area contributed by atoms with Gasteiger partial charge in [-0.05, 0) is 31.2 Å². The van der Waals surface area contributed by atoms with Crippen molar-refractivity contribution in [1.82, 2.24) is 5.32 Å². The lowest BCUT2D eigenvalue weighted by molar-refractivity contribution is 0.186. The van der Waals surface area contributed by atoms with Crippen molar-refractivity contribution in [2.24, 2.45) is 11.8 Å². The summed E-state index contributed by atoms with van der Waals surface area (Å²) in [4.78, 5) is 0. The monoisotopic (exact) mass is 208 g/mol. The maximum Gasteiger partial charge on any atom is 0.109 e. The molecule has 0 aromatic rings. The molecule has 0 heterocycles. The Hall–Kier alpha value is -0.550. The maximum atomic E-state index is 9.44. The molecule has 1 rings (SSSR count). The minimum atomic E-state index is -0.225. The van der Waals surface area contributed by atoms with E-state index in [2.05, 4.69) is 32.2 Å². The molecule has 1 aliphatic carbocycles. The molecule has 15 heavy (non-hydrogen) atoms. The first-order valence-corrected chi connectivity index (χ1v) is 6.31. The van der Waals surface area contributed by atoms with Crippen molar-refractivity contribution in [3.05, 3.63) is 0 Å². The van der Waals surface area contributed by atoms with Crippen LogP contribution in [0.4, 0.5) is 0 Å². The molecule has 0 amide bonds. The molecule has 2 atom stereocenters. The molecular weight excluding hydrogens is 184 g/mol. The van der Waals surface area contributed by atoms with Gasteiger partial charge >= 0.3 is 0 Å². The van der Waals surface area contributed by atoms with Crippen LogP contribution in [0.3, 0.4) is 0 Å². The van der Waals surface area contributed by atoms with E-state index in [0.717, 1.165) is 19.4 Å². The number of rotatable bonds is 4. The Balaban J connectivity index is 2.67. The molecule has 2 heteroatoms. The van der Waals surface area contributed by atoms with Crippen LogP contribution in [0.5, 0.6) is 0 Å². The lowest BCUT2D eigenvalue weighted by Gasteiger charge is -2.39. The van der Waals surface area contributed by atoms with E-state index in [1.807, 2.05) is 0 Å².